The largest absolute Gasteiger partial charge is 0.416 e. The molecule has 0 bridgehead atoms. The zero-order chi connectivity index (χ0) is 19.9. The predicted octanol–water partition coefficient (Wildman–Crippen LogP) is 4.69. The summed E-state index contributed by atoms with van der Waals surface area (Å²) < 4.78 is 38.0. The van der Waals surface area contributed by atoms with Gasteiger partial charge in [-0.05, 0) is 31.5 Å². The molecule has 140 valence electrons. The molecule has 0 saturated heterocycles. The molecule has 0 saturated carbocycles. The van der Waals surface area contributed by atoms with Crippen LogP contribution in [-0.2, 0) is 6.18 Å². The highest BCUT2D eigenvalue weighted by Crippen LogP contribution is 2.30. The molecular formula is C19H14ClF3N2O2. The quantitative estimate of drug-likeness (QED) is 0.662. The molecule has 1 aromatic carbocycles. The molecule has 0 atom stereocenters. The number of hydrogen-bond acceptors (Lipinski definition) is 2. The summed E-state index contributed by atoms with van der Waals surface area (Å²) in [6.07, 6.45) is -3.07. The maximum Gasteiger partial charge on any atom is 0.416 e. The summed E-state index contributed by atoms with van der Waals surface area (Å²) in [4.78, 5) is 30.8. The number of halogens is 4. The first-order chi connectivity index (χ1) is 12.6. The van der Waals surface area contributed by atoms with Crippen molar-refractivity contribution in [3.05, 3.63) is 78.9 Å². The Hall–Kier alpha value is -2.80. The molecule has 2 N–H and O–H groups in total. The lowest BCUT2D eigenvalue weighted by molar-refractivity contribution is -0.137. The molecule has 3 aromatic rings. The van der Waals surface area contributed by atoms with Gasteiger partial charge in [0.1, 0.15) is 5.02 Å². The fourth-order valence-corrected chi connectivity index (χ4v) is 2.99. The summed E-state index contributed by atoms with van der Waals surface area (Å²) in [5.74, 6) is 0. The highest BCUT2D eigenvalue weighted by Gasteiger charge is 2.30. The summed E-state index contributed by atoms with van der Waals surface area (Å²) in [6, 6.07) is 5.67. The number of hydrogen-bond donors (Lipinski definition) is 2. The number of aromatic amines is 2. The Morgan fingerprint density at radius 2 is 1.63 bits per heavy atom. The van der Waals surface area contributed by atoms with Gasteiger partial charge in [0.2, 0.25) is 5.43 Å². The van der Waals surface area contributed by atoms with Gasteiger partial charge in [-0.2, -0.15) is 13.2 Å². The van der Waals surface area contributed by atoms with Crippen LogP contribution in [0.1, 0.15) is 17.0 Å². The third kappa shape index (κ3) is 3.55. The number of pyridine rings is 2. The summed E-state index contributed by atoms with van der Waals surface area (Å²) in [6.45, 7) is 3.31. The van der Waals surface area contributed by atoms with E-state index in [1.165, 1.54) is 24.4 Å². The Labute approximate surface area is 156 Å². The molecule has 0 aliphatic heterocycles. The number of alkyl halides is 3. The van der Waals surface area contributed by atoms with Crippen molar-refractivity contribution in [1.82, 2.24) is 9.97 Å². The fraction of sp³-hybridized carbons (Fsp3) is 0.158. The van der Waals surface area contributed by atoms with Crippen LogP contribution < -0.4 is 10.9 Å². The molecule has 2 aromatic heterocycles. The van der Waals surface area contributed by atoms with Gasteiger partial charge >= 0.3 is 6.18 Å². The summed E-state index contributed by atoms with van der Waals surface area (Å²) >= 11 is 5.99. The Balaban J connectivity index is 2.07. The first-order valence-electron chi connectivity index (χ1n) is 7.89. The molecule has 8 heteroatoms. The van der Waals surface area contributed by atoms with Crippen molar-refractivity contribution in [3.63, 3.8) is 0 Å². The van der Waals surface area contributed by atoms with Gasteiger partial charge in [-0.1, -0.05) is 23.7 Å². The second-order valence-electron chi connectivity index (χ2n) is 6.09. The molecule has 27 heavy (non-hydrogen) atoms. The Bertz CT molecular complexity index is 1130. The molecule has 0 aliphatic rings. The topological polar surface area (TPSA) is 65.7 Å². The van der Waals surface area contributed by atoms with E-state index >= 15 is 0 Å². The second-order valence-corrected chi connectivity index (χ2v) is 6.47. The zero-order valence-electron chi connectivity index (χ0n) is 14.3. The third-order valence-corrected chi connectivity index (χ3v) is 4.67. The van der Waals surface area contributed by atoms with E-state index in [-0.39, 0.29) is 16.1 Å². The molecule has 0 aliphatic carbocycles. The number of rotatable bonds is 2. The SMILES string of the molecule is Cc1[nH]c(C)c(-c2c[nH]c(-c3ccc(C(F)(F)F)cc3)cc2=O)c(=O)c1Cl. The average molecular weight is 395 g/mol. The lowest BCUT2D eigenvalue weighted by Crippen LogP contribution is -2.16. The van der Waals surface area contributed by atoms with Gasteiger partial charge in [0.25, 0.3) is 0 Å². The summed E-state index contributed by atoms with van der Waals surface area (Å²) in [5.41, 5.74) is 0.355. The number of aryl methyl sites for hydroxylation is 2. The molecule has 4 nitrogen and oxygen atoms in total. The van der Waals surface area contributed by atoms with Crippen molar-refractivity contribution in [2.75, 3.05) is 0 Å². The summed E-state index contributed by atoms with van der Waals surface area (Å²) in [5, 5.41) is 0.00168. The fourth-order valence-electron chi connectivity index (χ4n) is 2.85. The van der Waals surface area contributed by atoms with Crippen molar-refractivity contribution in [2.24, 2.45) is 0 Å². The van der Waals surface area contributed by atoms with E-state index in [9.17, 15) is 22.8 Å². The lowest BCUT2D eigenvalue weighted by atomic mass is 10.0. The standard InChI is InChI=1S/C19H14ClF3N2O2/c1-9-16(18(27)17(20)10(2)25-9)13-8-24-14(7-15(13)26)11-3-5-12(6-4-11)19(21,22)23/h3-8H,1-2H3,(H,24,26)(H,25,27). The van der Waals surface area contributed by atoms with Crippen LogP contribution in [0.3, 0.4) is 0 Å². The van der Waals surface area contributed by atoms with Crippen LogP contribution >= 0.6 is 11.6 Å². The highest BCUT2D eigenvalue weighted by molar-refractivity contribution is 6.31. The van der Waals surface area contributed by atoms with Gasteiger partial charge < -0.3 is 9.97 Å². The molecule has 0 amide bonds. The van der Waals surface area contributed by atoms with Gasteiger partial charge in [0.05, 0.1) is 16.7 Å². The molecule has 0 radical (unpaired) electrons. The first-order valence-corrected chi connectivity index (χ1v) is 8.27. The smallest absolute Gasteiger partial charge is 0.361 e. The van der Waals surface area contributed by atoms with E-state index in [2.05, 4.69) is 9.97 Å². The Morgan fingerprint density at radius 3 is 2.19 bits per heavy atom. The van der Waals surface area contributed by atoms with Gasteiger partial charge in [-0.25, -0.2) is 0 Å². The molecule has 0 fully saturated rings. The van der Waals surface area contributed by atoms with E-state index in [0.717, 1.165) is 12.1 Å². The van der Waals surface area contributed by atoms with Gasteiger partial charge in [-0.15, -0.1) is 0 Å². The van der Waals surface area contributed by atoms with Crippen molar-refractivity contribution >= 4 is 11.6 Å². The number of aromatic nitrogens is 2. The van der Waals surface area contributed by atoms with E-state index < -0.39 is 22.6 Å². The minimum absolute atomic E-state index is 0.00168. The normalized spacial score (nSPS) is 11.6. The monoisotopic (exact) mass is 394 g/mol. The van der Waals surface area contributed by atoms with Crippen molar-refractivity contribution in [1.29, 1.82) is 0 Å². The lowest BCUT2D eigenvalue weighted by Gasteiger charge is -2.10. The first kappa shape index (κ1) is 19.0. The molecule has 0 spiro atoms. The van der Waals surface area contributed by atoms with Crippen LogP contribution in [0.4, 0.5) is 13.2 Å². The second kappa shape index (κ2) is 6.74. The van der Waals surface area contributed by atoms with E-state index in [4.69, 9.17) is 11.6 Å². The molecule has 3 rings (SSSR count). The number of H-pyrrole nitrogens is 2. The summed E-state index contributed by atoms with van der Waals surface area (Å²) in [7, 11) is 0. The molecule has 0 unspecified atom stereocenters. The van der Waals surface area contributed by atoms with Crippen LogP contribution in [0, 0.1) is 13.8 Å². The number of benzene rings is 1. The maximum absolute atomic E-state index is 12.7. The van der Waals surface area contributed by atoms with E-state index in [1.54, 1.807) is 13.8 Å². The van der Waals surface area contributed by atoms with Crippen LogP contribution in [0.5, 0.6) is 0 Å². The molecule has 2 heterocycles. The van der Waals surface area contributed by atoms with Crippen molar-refractivity contribution in [2.45, 2.75) is 20.0 Å². The van der Waals surface area contributed by atoms with Crippen molar-refractivity contribution in [3.8, 4) is 22.4 Å². The average Bonchev–Trinajstić information content (AvgIpc) is 2.60. The minimum atomic E-state index is -4.43. The molecular weight excluding hydrogens is 381 g/mol. The van der Waals surface area contributed by atoms with Crippen LogP contribution in [0.15, 0.2) is 46.1 Å². The third-order valence-electron chi connectivity index (χ3n) is 4.21. The highest BCUT2D eigenvalue weighted by atomic mass is 35.5. The van der Waals surface area contributed by atoms with Crippen LogP contribution in [0.25, 0.3) is 22.4 Å². The zero-order valence-corrected chi connectivity index (χ0v) is 15.0. The van der Waals surface area contributed by atoms with Gasteiger partial charge in [0.15, 0.2) is 5.43 Å². The van der Waals surface area contributed by atoms with Gasteiger partial charge in [0, 0.05) is 29.3 Å². The van der Waals surface area contributed by atoms with E-state index in [1.807, 2.05) is 0 Å². The van der Waals surface area contributed by atoms with Gasteiger partial charge in [-0.3, -0.25) is 9.59 Å². The van der Waals surface area contributed by atoms with Crippen molar-refractivity contribution < 1.29 is 13.2 Å². The predicted molar refractivity (Wildman–Crippen MR) is 98.0 cm³/mol. The van der Waals surface area contributed by atoms with Crippen LogP contribution in [0.2, 0.25) is 5.02 Å². The Morgan fingerprint density at radius 1 is 1.00 bits per heavy atom. The minimum Gasteiger partial charge on any atom is -0.361 e. The van der Waals surface area contributed by atoms with Crippen LogP contribution in [-0.4, -0.2) is 9.97 Å². The number of nitrogens with one attached hydrogen (secondary N) is 2. The van der Waals surface area contributed by atoms with E-state index in [0.29, 0.717) is 22.6 Å². The maximum atomic E-state index is 12.7. The Kier molecular flexibility index (Phi) is 4.73.